The monoisotopic (exact) mass is 303 g/mol. The lowest BCUT2D eigenvalue weighted by Crippen LogP contribution is -2.22. The number of nitrogens with zero attached hydrogens (tertiary/aromatic N) is 5. The molecule has 0 atom stereocenters. The van der Waals surface area contributed by atoms with Crippen molar-refractivity contribution in [2.45, 2.75) is 13.8 Å². The van der Waals surface area contributed by atoms with Crippen LogP contribution < -0.4 is 5.56 Å². The molecule has 3 rings (SSSR count). The van der Waals surface area contributed by atoms with Crippen LogP contribution in [0.25, 0.3) is 11.0 Å². The van der Waals surface area contributed by atoms with Crippen LogP contribution in [0.1, 0.15) is 22.5 Å². The molecule has 0 fully saturated rings. The molecule has 3 aromatic rings. The third kappa shape index (κ3) is 2.72. The molecule has 0 saturated carbocycles. The van der Waals surface area contributed by atoms with E-state index < -0.39 is 5.56 Å². The molecule has 112 valence electrons. The molecule has 23 heavy (non-hydrogen) atoms. The van der Waals surface area contributed by atoms with E-state index in [1.807, 2.05) is 30.3 Å². The van der Waals surface area contributed by atoms with Gasteiger partial charge in [0.2, 0.25) is 0 Å². The van der Waals surface area contributed by atoms with Gasteiger partial charge in [0.15, 0.2) is 0 Å². The van der Waals surface area contributed by atoms with Crippen LogP contribution >= 0.6 is 0 Å². The summed E-state index contributed by atoms with van der Waals surface area (Å²) in [5.41, 5.74) is 3.03. The van der Waals surface area contributed by atoms with Crippen molar-refractivity contribution in [3.05, 3.63) is 69.4 Å². The Kier molecular flexibility index (Phi) is 3.69. The fourth-order valence-corrected chi connectivity index (χ4v) is 2.31. The SMILES string of the molecule is Cc1cc(C)n(/N=C\c2cnc3ccccc3n2)c(=O)c1C#N. The largest absolute Gasteiger partial charge is 0.289 e. The second kappa shape index (κ2) is 5.81. The maximum Gasteiger partial charge on any atom is 0.289 e. The Labute approximate surface area is 132 Å². The molecule has 2 aromatic heterocycles. The molecule has 0 radical (unpaired) electrons. The number of hydrogen-bond donors (Lipinski definition) is 0. The quantitative estimate of drug-likeness (QED) is 0.679. The molecule has 0 aliphatic rings. The maximum absolute atomic E-state index is 12.3. The number of para-hydroxylation sites is 2. The highest BCUT2D eigenvalue weighted by atomic mass is 16.1. The summed E-state index contributed by atoms with van der Waals surface area (Å²) in [5, 5.41) is 13.2. The first-order chi connectivity index (χ1) is 11.1. The van der Waals surface area contributed by atoms with Gasteiger partial charge in [0, 0.05) is 5.69 Å². The molecule has 6 nitrogen and oxygen atoms in total. The van der Waals surface area contributed by atoms with Gasteiger partial charge < -0.3 is 0 Å². The van der Waals surface area contributed by atoms with Gasteiger partial charge in [0.1, 0.15) is 17.3 Å². The molecule has 1 aromatic carbocycles. The number of hydrogen-bond acceptors (Lipinski definition) is 5. The highest BCUT2D eigenvalue weighted by molar-refractivity contribution is 5.81. The Bertz CT molecular complexity index is 1030. The molecule has 0 bridgehead atoms. The Balaban J connectivity index is 2.05. The van der Waals surface area contributed by atoms with Crippen LogP contribution in [0.15, 0.2) is 46.4 Å². The summed E-state index contributed by atoms with van der Waals surface area (Å²) in [6.07, 6.45) is 3.05. The molecular formula is C17H13N5O. The van der Waals surface area contributed by atoms with Gasteiger partial charge >= 0.3 is 0 Å². The molecule has 0 aliphatic carbocycles. The van der Waals surface area contributed by atoms with Gasteiger partial charge in [-0.25, -0.2) is 9.66 Å². The zero-order chi connectivity index (χ0) is 16.4. The average molecular weight is 303 g/mol. The minimum absolute atomic E-state index is 0.0948. The molecule has 0 saturated heterocycles. The molecule has 0 amide bonds. The normalized spacial score (nSPS) is 11.0. The summed E-state index contributed by atoms with van der Waals surface area (Å²) in [4.78, 5) is 21.0. The van der Waals surface area contributed by atoms with Crippen molar-refractivity contribution < 1.29 is 0 Å². The lowest BCUT2D eigenvalue weighted by Gasteiger charge is -2.06. The van der Waals surface area contributed by atoms with Crippen LogP contribution in [0, 0.1) is 25.2 Å². The first-order valence-corrected chi connectivity index (χ1v) is 6.99. The second-order valence-corrected chi connectivity index (χ2v) is 5.10. The number of rotatable bonds is 2. The van der Waals surface area contributed by atoms with Crippen molar-refractivity contribution in [2.75, 3.05) is 0 Å². The number of nitriles is 1. The molecule has 2 heterocycles. The van der Waals surface area contributed by atoms with Crippen LogP contribution in [0.3, 0.4) is 0 Å². The fraction of sp³-hybridized carbons (Fsp3) is 0.118. The van der Waals surface area contributed by atoms with Gasteiger partial charge in [-0.15, -0.1) is 0 Å². The van der Waals surface area contributed by atoms with E-state index in [2.05, 4.69) is 15.1 Å². The van der Waals surface area contributed by atoms with Crippen LogP contribution in [0.2, 0.25) is 0 Å². The van der Waals surface area contributed by atoms with Gasteiger partial charge in [-0.2, -0.15) is 10.4 Å². The lowest BCUT2D eigenvalue weighted by molar-refractivity contribution is 0.786. The molecular weight excluding hydrogens is 290 g/mol. The number of aromatic nitrogens is 3. The van der Waals surface area contributed by atoms with Crippen molar-refractivity contribution >= 4 is 17.2 Å². The third-order valence-electron chi connectivity index (χ3n) is 3.44. The standard InChI is InChI=1S/C17H13N5O/c1-11-7-12(2)22(17(23)14(11)8-18)20-10-13-9-19-15-5-3-4-6-16(15)21-13/h3-7,9-10H,1-2H3/b20-10-. The van der Waals surface area contributed by atoms with Crippen LogP contribution in [-0.2, 0) is 0 Å². The van der Waals surface area contributed by atoms with Gasteiger partial charge in [-0.3, -0.25) is 9.78 Å². The molecule has 0 aliphatic heterocycles. The first-order valence-electron chi connectivity index (χ1n) is 6.99. The van der Waals surface area contributed by atoms with E-state index in [1.54, 1.807) is 26.1 Å². The highest BCUT2D eigenvalue weighted by Crippen LogP contribution is 2.08. The van der Waals surface area contributed by atoms with Gasteiger partial charge in [-0.1, -0.05) is 12.1 Å². The highest BCUT2D eigenvalue weighted by Gasteiger charge is 2.09. The molecule has 0 spiro atoms. The summed E-state index contributed by atoms with van der Waals surface area (Å²) in [7, 11) is 0. The number of pyridine rings is 1. The summed E-state index contributed by atoms with van der Waals surface area (Å²) in [6.45, 7) is 3.49. The molecule has 0 unspecified atom stereocenters. The van der Waals surface area contributed by atoms with Crippen LogP contribution in [-0.4, -0.2) is 20.9 Å². The number of fused-ring (bicyclic) bond motifs is 1. The lowest BCUT2D eigenvalue weighted by atomic mass is 10.1. The molecule has 6 heteroatoms. The van der Waals surface area contributed by atoms with Crippen molar-refractivity contribution in [3.8, 4) is 6.07 Å². The summed E-state index contributed by atoms with van der Waals surface area (Å²) in [5.74, 6) is 0. The van der Waals surface area contributed by atoms with E-state index in [-0.39, 0.29) is 5.56 Å². The zero-order valence-electron chi connectivity index (χ0n) is 12.7. The Morgan fingerprint density at radius 3 is 2.74 bits per heavy atom. The van der Waals surface area contributed by atoms with E-state index in [9.17, 15) is 4.79 Å². The second-order valence-electron chi connectivity index (χ2n) is 5.10. The number of benzene rings is 1. The predicted molar refractivity (Wildman–Crippen MR) is 87.4 cm³/mol. The minimum atomic E-state index is -0.435. The van der Waals surface area contributed by atoms with E-state index >= 15 is 0 Å². The third-order valence-corrected chi connectivity index (χ3v) is 3.44. The summed E-state index contributed by atoms with van der Waals surface area (Å²) < 4.78 is 1.20. The zero-order valence-corrected chi connectivity index (χ0v) is 12.7. The van der Waals surface area contributed by atoms with Crippen LogP contribution in [0.4, 0.5) is 0 Å². The van der Waals surface area contributed by atoms with E-state index in [0.717, 1.165) is 11.0 Å². The Hall–Kier alpha value is -3.33. The van der Waals surface area contributed by atoms with Crippen LogP contribution in [0.5, 0.6) is 0 Å². The van der Waals surface area contributed by atoms with Gasteiger partial charge in [-0.05, 0) is 37.6 Å². The molecule has 0 N–H and O–H groups in total. The van der Waals surface area contributed by atoms with E-state index in [1.165, 1.54) is 10.9 Å². The van der Waals surface area contributed by atoms with Crippen molar-refractivity contribution in [1.29, 1.82) is 5.26 Å². The predicted octanol–water partition coefficient (Wildman–Crippen LogP) is 2.16. The Morgan fingerprint density at radius 1 is 1.26 bits per heavy atom. The smallest absolute Gasteiger partial charge is 0.266 e. The summed E-state index contributed by atoms with van der Waals surface area (Å²) >= 11 is 0. The van der Waals surface area contributed by atoms with Crippen molar-refractivity contribution in [2.24, 2.45) is 5.10 Å². The fourth-order valence-electron chi connectivity index (χ4n) is 2.31. The van der Waals surface area contributed by atoms with Gasteiger partial charge in [0.25, 0.3) is 5.56 Å². The topological polar surface area (TPSA) is 83.9 Å². The van der Waals surface area contributed by atoms with Gasteiger partial charge in [0.05, 0.1) is 23.4 Å². The average Bonchev–Trinajstić information content (AvgIpc) is 2.54. The van der Waals surface area contributed by atoms with Crippen molar-refractivity contribution in [1.82, 2.24) is 14.6 Å². The number of aryl methyl sites for hydroxylation is 2. The Morgan fingerprint density at radius 2 is 2.00 bits per heavy atom. The maximum atomic E-state index is 12.3. The summed E-state index contributed by atoms with van der Waals surface area (Å²) in [6, 6.07) is 11.2. The van der Waals surface area contributed by atoms with Crippen molar-refractivity contribution in [3.63, 3.8) is 0 Å². The minimum Gasteiger partial charge on any atom is -0.266 e. The first kappa shape index (κ1) is 14.6. The van der Waals surface area contributed by atoms with E-state index in [4.69, 9.17) is 5.26 Å². The van der Waals surface area contributed by atoms with E-state index in [0.29, 0.717) is 17.0 Å².